The van der Waals surface area contributed by atoms with Crippen LogP contribution in [0, 0.1) is 4.77 Å². The highest BCUT2D eigenvalue weighted by molar-refractivity contribution is 9.10. The van der Waals surface area contributed by atoms with Crippen LogP contribution < -0.4 is 19.8 Å². The van der Waals surface area contributed by atoms with Crippen LogP contribution in [0.4, 0.5) is 0 Å². The lowest BCUT2D eigenvalue weighted by molar-refractivity contribution is 0.0955. The summed E-state index contributed by atoms with van der Waals surface area (Å²) in [5, 5.41) is 7.72. The van der Waals surface area contributed by atoms with Crippen molar-refractivity contribution in [2.45, 2.75) is 10.9 Å². The number of thioether (sulfide) groups is 1. The molecule has 1 N–H and O–H groups in total. The van der Waals surface area contributed by atoms with E-state index in [9.17, 15) is 9.59 Å². The van der Waals surface area contributed by atoms with Crippen LogP contribution in [-0.2, 0) is 5.75 Å². The van der Waals surface area contributed by atoms with Crippen molar-refractivity contribution >= 4 is 56.7 Å². The topological polar surface area (TPSA) is 113 Å². The van der Waals surface area contributed by atoms with Crippen LogP contribution in [0.1, 0.15) is 16.2 Å². The van der Waals surface area contributed by atoms with E-state index in [0.717, 1.165) is 4.47 Å². The minimum atomic E-state index is -0.322. The highest BCUT2D eigenvalue weighted by atomic mass is 79.9. The van der Waals surface area contributed by atoms with Gasteiger partial charge in [0.05, 0.1) is 43.7 Å². The second kappa shape index (κ2) is 11.7. The van der Waals surface area contributed by atoms with Crippen LogP contribution >= 0.6 is 39.9 Å². The summed E-state index contributed by atoms with van der Waals surface area (Å²) < 4.78 is 20.0. The van der Waals surface area contributed by atoms with E-state index in [-0.39, 0.29) is 22.0 Å². The average molecular weight is 641 g/mol. The molecule has 5 rings (SSSR count). The molecule has 0 atom stereocenters. The van der Waals surface area contributed by atoms with Gasteiger partial charge in [-0.2, -0.15) is 5.10 Å². The van der Waals surface area contributed by atoms with E-state index in [1.807, 2.05) is 0 Å². The molecule has 0 spiro atoms. The molecule has 2 heterocycles. The molecule has 0 fully saturated rings. The normalized spacial score (nSPS) is 11.0. The van der Waals surface area contributed by atoms with Gasteiger partial charge in [0.25, 0.3) is 11.5 Å². The van der Waals surface area contributed by atoms with Gasteiger partial charge in [0, 0.05) is 16.1 Å². The van der Waals surface area contributed by atoms with E-state index in [1.165, 1.54) is 35.1 Å². The lowest BCUT2D eigenvalue weighted by Crippen LogP contribution is -2.22. The Morgan fingerprint density at radius 3 is 2.33 bits per heavy atom. The van der Waals surface area contributed by atoms with E-state index in [4.69, 9.17) is 31.4 Å². The Balaban J connectivity index is 1.60. The molecule has 0 amide bonds. The number of methoxy groups -OCH3 is 3. The molecule has 0 bridgehead atoms. The number of rotatable bonds is 8. The predicted octanol–water partition coefficient (Wildman–Crippen LogP) is 5.41. The molecule has 10 nitrogen and oxygen atoms in total. The Morgan fingerprint density at radius 1 is 1.00 bits per heavy atom. The maximum absolute atomic E-state index is 13.9. The zero-order chi connectivity index (χ0) is 28.4. The minimum absolute atomic E-state index is 0.166. The molecule has 0 saturated carbocycles. The number of halogens is 1. The van der Waals surface area contributed by atoms with Crippen LogP contribution in [0.5, 0.6) is 17.2 Å². The standard InChI is InChI=1S/C27H22BrN5O5S2/c1-36-18-10-8-17(9-11-18)32-25(35)19-12-21(37-2)22(38-3)13-20(19)29-27(32)40-14-23-30-31-26(39)33(23)24(34)15-4-6-16(28)7-5-15/h4-13H,14H2,1-3H3,(H,31,39). The number of H-pyrrole nitrogens is 1. The number of hydrogen-bond acceptors (Lipinski definition) is 9. The van der Waals surface area contributed by atoms with Gasteiger partial charge >= 0.3 is 0 Å². The molecule has 40 heavy (non-hydrogen) atoms. The van der Waals surface area contributed by atoms with Crippen molar-refractivity contribution in [2.75, 3.05) is 21.3 Å². The lowest BCUT2D eigenvalue weighted by Gasteiger charge is -2.15. The molecule has 0 aliphatic rings. The van der Waals surface area contributed by atoms with E-state index in [0.29, 0.717) is 50.4 Å². The maximum atomic E-state index is 13.9. The second-order valence-electron chi connectivity index (χ2n) is 8.34. The van der Waals surface area contributed by atoms with Crippen molar-refractivity contribution in [3.05, 3.63) is 91.6 Å². The number of ether oxygens (including phenoxy) is 3. The van der Waals surface area contributed by atoms with E-state index in [1.54, 1.807) is 67.8 Å². The van der Waals surface area contributed by atoms with Gasteiger partial charge in [0.15, 0.2) is 16.7 Å². The number of nitrogens with one attached hydrogen (secondary N) is 1. The van der Waals surface area contributed by atoms with Gasteiger partial charge in [-0.1, -0.05) is 27.7 Å². The molecule has 0 aliphatic heterocycles. The number of carbonyl (C=O) groups excluding carboxylic acids is 1. The largest absolute Gasteiger partial charge is 0.497 e. The SMILES string of the molecule is COc1ccc(-n2c(SCc3n[nH]c(=S)n3C(=O)c3ccc(Br)cc3)nc3cc(OC)c(OC)cc3c2=O)cc1. The van der Waals surface area contributed by atoms with Crippen molar-refractivity contribution in [3.8, 4) is 22.9 Å². The number of benzene rings is 3. The minimum Gasteiger partial charge on any atom is -0.497 e. The smallest absolute Gasteiger partial charge is 0.266 e. The highest BCUT2D eigenvalue weighted by Gasteiger charge is 2.20. The summed E-state index contributed by atoms with van der Waals surface area (Å²) in [6, 6.07) is 17.3. The summed E-state index contributed by atoms with van der Waals surface area (Å²) >= 11 is 9.98. The molecule has 13 heteroatoms. The van der Waals surface area contributed by atoms with E-state index < -0.39 is 0 Å². The van der Waals surface area contributed by atoms with Gasteiger partial charge in [-0.05, 0) is 66.8 Å². The van der Waals surface area contributed by atoms with Crippen molar-refractivity contribution in [2.24, 2.45) is 0 Å². The highest BCUT2D eigenvalue weighted by Crippen LogP contribution is 2.32. The molecular weight excluding hydrogens is 618 g/mol. The van der Waals surface area contributed by atoms with Gasteiger partial charge in [-0.3, -0.25) is 19.3 Å². The van der Waals surface area contributed by atoms with Crippen molar-refractivity contribution in [1.82, 2.24) is 24.3 Å². The number of hydrogen-bond donors (Lipinski definition) is 1. The third-order valence-corrected chi connectivity index (χ3v) is 7.78. The Kier molecular flexibility index (Phi) is 8.05. The van der Waals surface area contributed by atoms with Gasteiger partial charge in [-0.15, -0.1) is 0 Å². The van der Waals surface area contributed by atoms with Crippen molar-refractivity contribution < 1.29 is 19.0 Å². The molecule has 0 unspecified atom stereocenters. The number of fused-ring (bicyclic) bond motifs is 1. The fourth-order valence-electron chi connectivity index (χ4n) is 4.03. The zero-order valence-corrected chi connectivity index (χ0v) is 24.7. The number of aromatic nitrogens is 5. The van der Waals surface area contributed by atoms with Crippen LogP contribution in [0.25, 0.3) is 16.6 Å². The molecule has 3 aromatic carbocycles. The van der Waals surface area contributed by atoms with Gasteiger partial charge in [0.1, 0.15) is 11.6 Å². The van der Waals surface area contributed by atoms with Crippen molar-refractivity contribution in [1.29, 1.82) is 0 Å². The lowest BCUT2D eigenvalue weighted by atomic mass is 10.2. The Bertz CT molecular complexity index is 1830. The second-order valence-corrected chi connectivity index (χ2v) is 10.6. The summed E-state index contributed by atoms with van der Waals surface area (Å²) in [5.74, 6) is 1.76. The summed E-state index contributed by atoms with van der Waals surface area (Å²) in [6.07, 6.45) is 0. The maximum Gasteiger partial charge on any atom is 0.266 e. The van der Waals surface area contributed by atoms with Crippen molar-refractivity contribution in [3.63, 3.8) is 0 Å². The first-order chi connectivity index (χ1) is 19.3. The quantitative estimate of drug-likeness (QED) is 0.135. The first-order valence-electron chi connectivity index (χ1n) is 11.8. The first-order valence-corrected chi connectivity index (χ1v) is 14.0. The van der Waals surface area contributed by atoms with Gasteiger partial charge in [-0.25, -0.2) is 9.55 Å². The third-order valence-electron chi connectivity index (χ3n) is 6.04. The van der Waals surface area contributed by atoms with Gasteiger partial charge in [0.2, 0.25) is 4.77 Å². The fraction of sp³-hybridized carbons (Fsp3) is 0.148. The predicted molar refractivity (Wildman–Crippen MR) is 158 cm³/mol. The Morgan fingerprint density at radius 2 is 1.68 bits per heavy atom. The molecule has 2 aromatic heterocycles. The monoisotopic (exact) mass is 639 g/mol. The summed E-state index contributed by atoms with van der Waals surface area (Å²) in [6.45, 7) is 0. The summed E-state index contributed by atoms with van der Waals surface area (Å²) in [7, 11) is 4.59. The Hall–Kier alpha value is -3.94. The molecular formula is C27H22BrN5O5S2. The number of aromatic amines is 1. The molecule has 0 aliphatic carbocycles. The van der Waals surface area contributed by atoms with Gasteiger partial charge < -0.3 is 14.2 Å². The molecule has 0 saturated heterocycles. The first kappa shape index (κ1) is 27.6. The Labute approximate surface area is 246 Å². The molecule has 204 valence electrons. The summed E-state index contributed by atoms with van der Waals surface area (Å²) in [4.78, 5) is 31.9. The zero-order valence-electron chi connectivity index (χ0n) is 21.5. The average Bonchev–Trinajstić information content (AvgIpc) is 3.35. The van der Waals surface area contributed by atoms with Crippen LogP contribution in [0.2, 0.25) is 0 Å². The molecule has 5 aromatic rings. The number of carbonyl (C=O) groups is 1. The van der Waals surface area contributed by atoms with Crippen LogP contribution in [0.3, 0.4) is 0 Å². The van der Waals surface area contributed by atoms with Crippen LogP contribution in [-0.4, -0.2) is 51.6 Å². The summed E-state index contributed by atoms with van der Waals surface area (Å²) in [5.41, 5.74) is 1.16. The van der Waals surface area contributed by atoms with Crippen LogP contribution in [0.15, 0.2) is 75.1 Å². The van der Waals surface area contributed by atoms with E-state index >= 15 is 0 Å². The third kappa shape index (κ3) is 5.27. The molecule has 0 radical (unpaired) electrons. The van der Waals surface area contributed by atoms with E-state index in [2.05, 4.69) is 26.1 Å². The fourth-order valence-corrected chi connectivity index (χ4v) is 5.47. The number of nitrogens with zero attached hydrogens (tertiary/aromatic N) is 4.